The van der Waals surface area contributed by atoms with Crippen LogP contribution in [0.25, 0.3) is 12.2 Å². The number of methoxy groups -OCH3 is 2. The van der Waals surface area contributed by atoms with Gasteiger partial charge in [0.05, 0.1) is 25.4 Å². The SMILES string of the molecule is COc1ccc(C=C2C(=O)OC(=O)C2=Cc2ccc(OC)cc2)cc1. The summed E-state index contributed by atoms with van der Waals surface area (Å²) < 4.78 is 15.0. The van der Waals surface area contributed by atoms with E-state index in [1.165, 1.54) is 0 Å². The molecule has 126 valence electrons. The van der Waals surface area contributed by atoms with Gasteiger partial charge in [-0.2, -0.15) is 0 Å². The van der Waals surface area contributed by atoms with Crippen LogP contribution in [0.15, 0.2) is 59.7 Å². The molecule has 1 aliphatic rings. The molecule has 2 aromatic rings. The molecule has 0 saturated carbocycles. The Balaban J connectivity index is 1.97. The lowest BCUT2D eigenvalue weighted by atomic mass is 10.0. The van der Waals surface area contributed by atoms with Crippen LogP contribution in [0.2, 0.25) is 0 Å². The normalized spacial score (nSPS) is 17.0. The van der Waals surface area contributed by atoms with Crippen LogP contribution in [0.3, 0.4) is 0 Å². The van der Waals surface area contributed by atoms with E-state index in [4.69, 9.17) is 14.2 Å². The highest BCUT2D eigenvalue weighted by atomic mass is 16.6. The summed E-state index contributed by atoms with van der Waals surface area (Å²) in [7, 11) is 3.16. The number of esters is 2. The molecule has 5 heteroatoms. The molecule has 2 aromatic carbocycles. The van der Waals surface area contributed by atoms with E-state index in [-0.39, 0.29) is 11.1 Å². The molecule has 0 spiro atoms. The summed E-state index contributed by atoms with van der Waals surface area (Å²) in [6.45, 7) is 0. The van der Waals surface area contributed by atoms with E-state index >= 15 is 0 Å². The lowest BCUT2D eigenvalue weighted by Gasteiger charge is -2.01. The molecular formula is C20H16O5. The number of rotatable bonds is 4. The van der Waals surface area contributed by atoms with E-state index in [0.717, 1.165) is 11.1 Å². The molecule has 1 aliphatic heterocycles. The Kier molecular flexibility index (Phi) is 4.66. The topological polar surface area (TPSA) is 61.8 Å². The predicted octanol–water partition coefficient (Wildman–Crippen LogP) is 3.25. The average molecular weight is 336 g/mol. The summed E-state index contributed by atoms with van der Waals surface area (Å²) in [5, 5.41) is 0. The maximum Gasteiger partial charge on any atom is 0.346 e. The Hall–Kier alpha value is -3.34. The smallest absolute Gasteiger partial charge is 0.346 e. The molecule has 1 fully saturated rings. The monoisotopic (exact) mass is 336 g/mol. The molecule has 0 N–H and O–H groups in total. The minimum atomic E-state index is -0.652. The van der Waals surface area contributed by atoms with Gasteiger partial charge in [-0.05, 0) is 47.5 Å². The van der Waals surface area contributed by atoms with Crippen LogP contribution in [0.5, 0.6) is 11.5 Å². The van der Waals surface area contributed by atoms with Gasteiger partial charge < -0.3 is 14.2 Å². The highest BCUT2D eigenvalue weighted by Gasteiger charge is 2.33. The Morgan fingerprint density at radius 2 is 1.04 bits per heavy atom. The van der Waals surface area contributed by atoms with Crippen molar-refractivity contribution in [1.29, 1.82) is 0 Å². The van der Waals surface area contributed by atoms with Crippen molar-refractivity contribution in [1.82, 2.24) is 0 Å². The summed E-state index contributed by atoms with van der Waals surface area (Å²) in [5.74, 6) is 0.114. The van der Waals surface area contributed by atoms with Crippen molar-refractivity contribution in [3.8, 4) is 11.5 Å². The molecule has 1 heterocycles. The number of ether oxygens (including phenoxy) is 3. The van der Waals surface area contributed by atoms with Gasteiger partial charge in [0, 0.05) is 0 Å². The van der Waals surface area contributed by atoms with Gasteiger partial charge in [-0.3, -0.25) is 0 Å². The standard InChI is InChI=1S/C20H16O5/c1-23-15-7-3-13(4-8-15)11-17-18(20(22)25-19(17)21)12-14-5-9-16(24-2)10-6-14/h3-12H,1-2H3. The van der Waals surface area contributed by atoms with Crippen molar-refractivity contribution in [2.24, 2.45) is 0 Å². The van der Waals surface area contributed by atoms with Crippen LogP contribution in [0.4, 0.5) is 0 Å². The van der Waals surface area contributed by atoms with Gasteiger partial charge in [-0.25, -0.2) is 9.59 Å². The fourth-order valence-electron chi connectivity index (χ4n) is 2.42. The number of hydrogen-bond donors (Lipinski definition) is 0. The van der Waals surface area contributed by atoms with Crippen molar-refractivity contribution in [3.63, 3.8) is 0 Å². The van der Waals surface area contributed by atoms with E-state index in [2.05, 4.69) is 0 Å². The maximum atomic E-state index is 12.0. The fourth-order valence-corrected chi connectivity index (χ4v) is 2.42. The number of hydrogen-bond acceptors (Lipinski definition) is 5. The number of carbonyl (C=O) groups excluding carboxylic acids is 2. The van der Waals surface area contributed by atoms with Gasteiger partial charge in [0.1, 0.15) is 11.5 Å². The molecule has 0 aromatic heterocycles. The van der Waals surface area contributed by atoms with E-state index < -0.39 is 11.9 Å². The van der Waals surface area contributed by atoms with Crippen molar-refractivity contribution < 1.29 is 23.8 Å². The first-order valence-corrected chi connectivity index (χ1v) is 7.59. The lowest BCUT2D eigenvalue weighted by molar-refractivity contribution is -0.149. The van der Waals surface area contributed by atoms with Gasteiger partial charge >= 0.3 is 11.9 Å². The summed E-state index contributed by atoms with van der Waals surface area (Å²) >= 11 is 0. The summed E-state index contributed by atoms with van der Waals surface area (Å²) in [6.07, 6.45) is 3.25. The van der Waals surface area contributed by atoms with Crippen molar-refractivity contribution >= 4 is 24.1 Å². The third-order valence-corrected chi connectivity index (χ3v) is 3.77. The molecule has 0 amide bonds. The zero-order valence-corrected chi connectivity index (χ0v) is 13.8. The number of cyclic esters (lactones) is 2. The van der Waals surface area contributed by atoms with E-state index in [9.17, 15) is 9.59 Å². The molecule has 3 rings (SSSR count). The fraction of sp³-hybridized carbons (Fsp3) is 0.100. The second-order valence-electron chi connectivity index (χ2n) is 5.34. The molecule has 0 radical (unpaired) electrons. The maximum absolute atomic E-state index is 12.0. The largest absolute Gasteiger partial charge is 0.497 e. The molecule has 25 heavy (non-hydrogen) atoms. The Morgan fingerprint density at radius 1 is 0.680 bits per heavy atom. The molecule has 0 unspecified atom stereocenters. The average Bonchev–Trinajstić information content (AvgIpc) is 2.90. The second kappa shape index (κ2) is 7.05. The first-order valence-electron chi connectivity index (χ1n) is 7.59. The molecule has 5 nitrogen and oxygen atoms in total. The molecule has 0 atom stereocenters. The zero-order valence-electron chi connectivity index (χ0n) is 13.8. The lowest BCUT2D eigenvalue weighted by Crippen LogP contribution is -1.97. The summed E-state index contributed by atoms with van der Waals surface area (Å²) in [6, 6.07) is 14.3. The summed E-state index contributed by atoms with van der Waals surface area (Å²) in [4.78, 5) is 24.0. The van der Waals surface area contributed by atoms with Gasteiger partial charge in [0.2, 0.25) is 0 Å². The van der Waals surface area contributed by atoms with E-state index in [0.29, 0.717) is 11.5 Å². The van der Waals surface area contributed by atoms with Crippen LogP contribution in [-0.2, 0) is 14.3 Å². The Bertz CT molecular complexity index is 784. The first kappa shape index (κ1) is 16.5. The molecule has 0 aliphatic carbocycles. The number of carbonyl (C=O) groups is 2. The van der Waals surface area contributed by atoms with Crippen LogP contribution in [0, 0.1) is 0 Å². The Labute approximate surface area is 145 Å². The second-order valence-corrected chi connectivity index (χ2v) is 5.34. The number of benzene rings is 2. The van der Waals surface area contributed by atoms with Crippen LogP contribution < -0.4 is 9.47 Å². The van der Waals surface area contributed by atoms with Gasteiger partial charge in [-0.15, -0.1) is 0 Å². The van der Waals surface area contributed by atoms with Crippen molar-refractivity contribution in [2.45, 2.75) is 0 Å². The van der Waals surface area contributed by atoms with Crippen molar-refractivity contribution in [2.75, 3.05) is 14.2 Å². The quantitative estimate of drug-likeness (QED) is 0.487. The predicted molar refractivity (Wildman–Crippen MR) is 93.0 cm³/mol. The minimum absolute atomic E-state index is 0.228. The third kappa shape index (κ3) is 3.61. The van der Waals surface area contributed by atoms with Crippen LogP contribution in [-0.4, -0.2) is 26.2 Å². The highest BCUT2D eigenvalue weighted by molar-refractivity contribution is 6.22. The minimum Gasteiger partial charge on any atom is -0.497 e. The third-order valence-electron chi connectivity index (χ3n) is 3.77. The van der Waals surface area contributed by atoms with Gasteiger partial charge in [0.15, 0.2) is 0 Å². The Morgan fingerprint density at radius 3 is 1.36 bits per heavy atom. The molecular weight excluding hydrogens is 320 g/mol. The molecule has 0 bridgehead atoms. The van der Waals surface area contributed by atoms with E-state index in [1.54, 1.807) is 74.9 Å². The van der Waals surface area contributed by atoms with Gasteiger partial charge in [0.25, 0.3) is 0 Å². The van der Waals surface area contributed by atoms with Crippen LogP contribution in [0.1, 0.15) is 11.1 Å². The molecule has 1 saturated heterocycles. The summed E-state index contributed by atoms with van der Waals surface area (Å²) in [5.41, 5.74) is 1.99. The van der Waals surface area contributed by atoms with Crippen molar-refractivity contribution in [3.05, 3.63) is 70.8 Å². The van der Waals surface area contributed by atoms with Gasteiger partial charge in [-0.1, -0.05) is 24.3 Å². The first-order chi connectivity index (χ1) is 12.1. The van der Waals surface area contributed by atoms with E-state index in [1.807, 2.05) is 0 Å². The van der Waals surface area contributed by atoms with Crippen LogP contribution >= 0.6 is 0 Å². The highest BCUT2D eigenvalue weighted by Crippen LogP contribution is 2.27. The zero-order chi connectivity index (χ0) is 17.8.